The Kier molecular flexibility index (Phi) is 11.0. The normalized spacial score (nSPS) is 20.8. The Bertz CT molecular complexity index is 1090. The van der Waals surface area contributed by atoms with E-state index in [1.165, 1.54) is 81.8 Å². The number of rotatable bonds is 14. The second-order valence-electron chi connectivity index (χ2n) is 14.2. The van der Waals surface area contributed by atoms with Crippen LogP contribution in [0.2, 0.25) is 0 Å². The highest BCUT2D eigenvalue weighted by molar-refractivity contribution is 7.24. The first-order valence-corrected chi connectivity index (χ1v) is 18.0. The number of hydrogen-bond acceptors (Lipinski definition) is 6. The highest BCUT2D eigenvalue weighted by Gasteiger charge is 2.53. The number of aryl methyl sites for hydroxylation is 2. The summed E-state index contributed by atoms with van der Waals surface area (Å²) in [7, 11) is -0.634. The molecule has 2 aliphatic heterocycles. The maximum Gasteiger partial charge on any atom is 0.505 e. The number of thiophene rings is 2. The molecule has 0 unspecified atom stereocenters. The fraction of sp³-hybridized carbons (Fsp3) is 0.706. The lowest BCUT2D eigenvalue weighted by Crippen LogP contribution is -2.41. The Balaban J connectivity index is 1.61. The van der Waals surface area contributed by atoms with E-state index in [2.05, 4.69) is 93.5 Å². The van der Waals surface area contributed by atoms with E-state index in [-0.39, 0.29) is 36.6 Å². The molecule has 0 saturated carbocycles. The van der Waals surface area contributed by atoms with Gasteiger partial charge < -0.3 is 18.6 Å². The van der Waals surface area contributed by atoms with Crippen molar-refractivity contribution in [1.82, 2.24) is 0 Å². The summed E-state index contributed by atoms with van der Waals surface area (Å²) >= 11 is 3.64. The maximum absolute atomic E-state index is 6.44. The van der Waals surface area contributed by atoms with Crippen LogP contribution in [0.15, 0.2) is 12.1 Å². The van der Waals surface area contributed by atoms with Gasteiger partial charge in [-0.3, -0.25) is 0 Å². The molecule has 0 amide bonds. The van der Waals surface area contributed by atoms with E-state index in [1.807, 2.05) is 22.7 Å². The summed E-state index contributed by atoms with van der Waals surface area (Å²) in [5.74, 6) is 0. The van der Waals surface area contributed by atoms with Gasteiger partial charge in [-0.25, -0.2) is 0 Å². The topological polar surface area (TPSA) is 36.9 Å². The molecule has 0 N–H and O–H groups in total. The first-order valence-electron chi connectivity index (χ1n) is 16.3. The van der Waals surface area contributed by atoms with E-state index >= 15 is 0 Å². The summed E-state index contributed by atoms with van der Waals surface area (Å²) in [6.45, 7) is 21.6. The predicted molar refractivity (Wildman–Crippen MR) is 185 cm³/mol. The van der Waals surface area contributed by atoms with Gasteiger partial charge in [-0.2, -0.15) is 0 Å². The lowest BCUT2D eigenvalue weighted by Gasteiger charge is -2.32. The Morgan fingerprint density at radius 3 is 1.19 bits per heavy atom. The smallest absolute Gasteiger partial charge is 0.399 e. The minimum absolute atomic E-state index is 0.317. The minimum Gasteiger partial charge on any atom is -0.399 e. The molecule has 42 heavy (non-hydrogen) atoms. The van der Waals surface area contributed by atoms with Gasteiger partial charge in [0, 0.05) is 19.3 Å². The summed E-state index contributed by atoms with van der Waals surface area (Å²) < 4.78 is 28.1. The van der Waals surface area contributed by atoms with Crippen molar-refractivity contribution >= 4 is 58.6 Å². The van der Waals surface area contributed by atoms with Crippen LogP contribution in [0.1, 0.15) is 141 Å². The SMILES string of the molecule is CCCCCCc1cc(B2OC(C)(C)C(C)(C)O2)sc1/C=C/c1sc(B2OC(C)(C)C(C)(C)O2)cc1CCCCCC. The average molecular weight is 613 g/mol. The van der Waals surface area contributed by atoms with Crippen molar-refractivity contribution in [2.45, 2.75) is 156 Å². The van der Waals surface area contributed by atoms with Crippen LogP contribution in [0.25, 0.3) is 12.2 Å². The summed E-state index contributed by atoms with van der Waals surface area (Å²) in [4.78, 5) is 2.64. The molecule has 4 rings (SSSR count). The number of unbranched alkanes of at least 4 members (excludes halogenated alkanes) is 6. The van der Waals surface area contributed by atoms with Gasteiger partial charge in [-0.05, 0) is 116 Å². The largest absolute Gasteiger partial charge is 0.505 e. The van der Waals surface area contributed by atoms with Crippen molar-refractivity contribution in [2.24, 2.45) is 0 Å². The Hall–Kier alpha value is -0.890. The molecule has 2 aromatic rings. The first kappa shape index (κ1) is 34.0. The molecule has 4 nitrogen and oxygen atoms in total. The zero-order valence-corrected chi connectivity index (χ0v) is 29.6. The van der Waals surface area contributed by atoms with Crippen LogP contribution >= 0.6 is 22.7 Å². The third kappa shape index (κ3) is 7.66. The fourth-order valence-corrected chi connectivity index (χ4v) is 7.54. The second-order valence-corrected chi connectivity index (χ2v) is 16.4. The van der Waals surface area contributed by atoms with Gasteiger partial charge in [0.1, 0.15) is 0 Å². The lowest BCUT2D eigenvalue weighted by molar-refractivity contribution is 0.00578. The van der Waals surface area contributed by atoms with E-state index < -0.39 is 0 Å². The van der Waals surface area contributed by atoms with Gasteiger partial charge >= 0.3 is 14.2 Å². The third-order valence-electron chi connectivity index (χ3n) is 9.68. The molecular weight excluding hydrogens is 558 g/mol. The summed E-state index contributed by atoms with van der Waals surface area (Å²) in [6.07, 6.45) is 16.9. The molecule has 2 aliphatic rings. The van der Waals surface area contributed by atoms with Crippen LogP contribution in [0, 0.1) is 0 Å². The van der Waals surface area contributed by atoms with E-state index in [4.69, 9.17) is 18.6 Å². The average Bonchev–Trinajstić information content (AvgIpc) is 3.60. The maximum atomic E-state index is 6.44. The van der Waals surface area contributed by atoms with E-state index in [0.717, 1.165) is 12.8 Å². The van der Waals surface area contributed by atoms with E-state index in [0.29, 0.717) is 0 Å². The molecule has 2 fully saturated rings. The van der Waals surface area contributed by atoms with Crippen LogP contribution in [0.3, 0.4) is 0 Å². The molecule has 232 valence electrons. The minimum atomic E-state index is -0.341. The third-order valence-corrected chi connectivity index (χ3v) is 12.0. The van der Waals surface area contributed by atoms with Crippen LogP contribution in [-0.4, -0.2) is 36.6 Å². The molecule has 8 heteroatoms. The van der Waals surface area contributed by atoms with Gasteiger partial charge in [-0.15, -0.1) is 22.7 Å². The molecule has 2 saturated heterocycles. The quantitative estimate of drug-likeness (QED) is 0.158. The van der Waals surface area contributed by atoms with Crippen molar-refractivity contribution in [2.75, 3.05) is 0 Å². The standard InChI is InChI=1S/C34H54B2O4S2/c1-11-13-15-17-19-25-23-29(35-37-31(3,4)32(5,6)38-35)41-27(25)21-22-28-26(20-18-16-14-12-2)24-30(42-28)36-39-33(7,8)34(9,10)40-36/h21-24H,11-20H2,1-10H3/b22-21+. The van der Waals surface area contributed by atoms with Crippen LogP contribution in [-0.2, 0) is 31.5 Å². The molecule has 0 radical (unpaired) electrons. The van der Waals surface area contributed by atoms with Gasteiger partial charge in [0.2, 0.25) is 0 Å². The van der Waals surface area contributed by atoms with E-state index in [1.54, 1.807) is 0 Å². The summed E-state index contributed by atoms with van der Waals surface area (Å²) in [5.41, 5.74) is 1.45. The summed E-state index contributed by atoms with van der Waals surface area (Å²) in [6, 6.07) is 4.68. The van der Waals surface area contributed by atoms with Gasteiger partial charge in [0.25, 0.3) is 0 Å². The molecule has 0 bridgehead atoms. The molecule has 4 heterocycles. The summed E-state index contributed by atoms with van der Waals surface area (Å²) in [5, 5.41) is 0. The van der Waals surface area contributed by atoms with Gasteiger partial charge in [-0.1, -0.05) is 52.4 Å². The Morgan fingerprint density at radius 1 is 0.548 bits per heavy atom. The lowest BCUT2D eigenvalue weighted by atomic mass is 9.87. The predicted octanol–water partition coefficient (Wildman–Crippen LogP) is 8.82. The highest BCUT2D eigenvalue weighted by Crippen LogP contribution is 2.39. The molecule has 2 aromatic heterocycles. The molecular formula is C34H54B2O4S2. The zero-order chi connectivity index (χ0) is 30.8. The zero-order valence-electron chi connectivity index (χ0n) is 28.0. The van der Waals surface area contributed by atoms with Gasteiger partial charge in [0.15, 0.2) is 0 Å². The molecule has 0 aromatic carbocycles. The molecule has 0 atom stereocenters. The Morgan fingerprint density at radius 2 is 0.881 bits per heavy atom. The van der Waals surface area contributed by atoms with E-state index in [9.17, 15) is 0 Å². The number of hydrogen-bond donors (Lipinski definition) is 0. The van der Waals surface area contributed by atoms with Crippen molar-refractivity contribution in [1.29, 1.82) is 0 Å². The monoisotopic (exact) mass is 612 g/mol. The van der Waals surface area contributed by atoms with Crippen LogP contribution in [0.5, 0.6) is 0 Å². The second kappa shape index (κ2) is 13.6. The van der Waals surface area contributed by atoms with Crippen molar-refractivity contribution in [3.8, 4) is 0 Å². The molecule has 0 aliphatic carbocycles. The van der Waals surface area contributed by atoms with Crippen molar-refractivity contribution in [3.05, 3.63) is 33.0 Å². The molecule has 0 spiro atoms. The van der Waals surface area contributed by atoms with Crippen LogP contribution in [0.4, 0.5) is 0 Å². The van der Waals surface area contributed by atoms with Gasteiger partial charge in [0.05, 0.1) is 22.4 Å². The first-order chi connectivity index (χ1) is 19.7. The highest BCUT2D eigenvalue weighted by atomic mass is 32.1. The van der Waals surface area contributed by atoms with Crippen LogP contribution < -0.4 is 9.55 Å². The van der Waals surface area contributed by atoms with Crippen molar-refractivity contribution in [3.63, 3.8) is 0 Å². The Labute approximate surface area is 265 Å². The van der Waals surface area contributed by atoms with Crippen molar-refractivity contribution < 1.29 is 18.6 Å². The fourth-order valence-electron chi connectivity index (χ4n) is 5.39.